The summed E-state index contributed by atoms with van der Waals surface area (Å²) in [5.74, 6) is -0.998. The van der Waals surface area contributed by atoms with Crippen LogP contribution < -0.4 is 10.2 Å². The number of carbonyl (C=O) groups excluding carboxylic acids is 2. The summed E-state index contributed by atoms with van der Waals surface area (Å²) in [6.45, 7) is 8.82. The number of piperazine rings is 1. The summed E-state index contributed by atoms with van der Waals surface area (Å²) in [5, 5.41) is 2.79. The second-order valence-corrected chi connectivity index (χ2v) is 6.22. The second kappa shape index (κ2) is 7.69. The molecule has 0 radical (unpaired) electrons. The molecule has 2 atom stereocenters. The molecule has 0 spiro atoms. The molecule has 1 saturated heterocycles. The smallest absolute Gasteiger partial charge is 0.321 e. The third-order valence-electron chi connectivity index (χ3n) is 4.74. The van der Waals surface area contributed by atoms with Gasteiger partial charge in [-0.1, -0.05) is 0 Å². The average Bonchev–Trinajstić information content (AvgIpc) is 3.16. The summed E-state index contributed by atoms with van der Waals surface area (Å²) < 4.78 is 10.5. The monoisotopic (exact) mass is 349 g/mol. The Morgan fingerprint density at radius 1 is 1.44 bits per heavy atom. The summed E-state index contributed by atoms with van der Waals surface area (Å²) in [5.41, 5.74) is 0. The lowest BCUT2D eigenvalue weighted by Gasteiger charge is -2.36. The number of rotatable bonds is 4. The first-order valence-electron chi connectivity index (χ1n) is 8.81. The van der Waals surface area contributed by atoms with E-state index in [-0.39, 0.29) is 6.61 Å². The van der Waals surface area contributed by atoms with E-state index in [4.69, 9.17) is 9.15 Å². The van der Waals surface area contributed by atoms with Gasteiger partial charge in [-0.25, -0.2) is 4.99 Å². The predicted molar refractivity (Wildman–Crippen MR) is 90.0 cm³/mol. The summed E-state index contributed by atoms with van der Waals surface area (Å²) in [6.07, 6.45) is 1.52. The maximum Gasteiger partial charge on any atom is 0.321 e. The lowest BCUT2D eigenvalue weighted by Crippen LogP contribution is -3.14. The number of furan rings is 1. The Bertz CT molecular complexity index is 635. The van der Waals surface area contributed by atoms with E-state index in [0.29, 0.717) is 11.7 Å². The Morgan fingerprint density at radius 3 is 2.80 bits per heavy atom. The number of carbonyl (C=O) groups is 2. The molecular weight excluding hydrogens is 324 g/mol. The number of aliphatic imine (C=N–C) groups is 1. The molecule has 3 rings (SSSR count). The van der Waals surface area contributed by atoms with Gasteiger partial charge in [-0.3, -0.25) is 14.9 Å². The van der Waals surface area contributed by atoms with Crippen LogP contribution in [0.25, 0.3) is 0 Å². The van der Waals surface area contributed by atoms with Gasteiger partial charge in [-0.2, -0.15) is 0 Å². The zero-order valence-electron chi connectivity index (χ0n) is 14.7. The lowest BCUT2D eigenvalue weighted by molar-refractivity contribution is -0.902. The minimum atomic E-state index is -1.03. The summed E-state index contributed by atoms with van der Waals surface area (Å²) in [4.78, 5) is 33.1. The first-order chi connectivity index (χ1) is 12.1. The molecule has 0 unspecified atom stereocenters. The molecule has 136 valence electrons. The molecule has 2 aliphatic heterocycles. The van der Waals surface area contributed by atoms with Gasteiger partial charge in [0.15, 0.2) is 5.92 Å². The van der Waals surface area contributed by atoms with Gasteiger partial charge in [0.25, 0.3) is 0 Å². The summed E-state index contributed by atoms with van der Waals surface area (Å²) >= 11 is 0. The number of likely N-dealkylation sites (N-methyl/N-ethyl adjacent to an activating group) is 1. The van der Waals surface area contributed by atoms with Crippen LogP contribution in [0.15, 0.2) is 27.8 Å². The lowest BCUT2D eigenvalue weighted by atomic mass is 9.95. The molecule has 2 aliphatic rings. The maximum atomic E-state index is 12.6. The topological polar surface area (TPSA) is 88.6 Å². The Labute approximate surface area is 146 Å². The molecule has 0 aliphatic carbocycles. The van der Waals surface area contributed by atoms with Crippen LogP contribution in [0.2, 0.25) is 0 Å². The second-order valence-electron chi connectivity index (χ2n) is 6.22. The van der Waals surface area contributed by atoms with Crippen LogP contribution in [-0.4, -0.2) is 62.1 Å². The molecule has 3 heterocycles. The van der Waals surface area contributed by atoms with E-state index in [1.807, 2.05) is 0 Å². The molecule has 8 nitrogen and oxygen atoms in total. The van der Waals surface area contributed by atoms with E-state index >= 15 is 0 Å². The zero-order chi connectivity index (χ0) is 17.8. The Hall–Kier alpha value is -2.35. The molecule has 1 aromatic heterocycles. The van der Waals surface area contributed by atoms with Crippen LogP contribution in [0.3, 0.4) is 0 Å². The van der Waals surface area contributed by atoms with Crippen molar-refractivity contribution in [1.29, 1.82) is 0 Å². The van der Waals surface area contributed by atoms with Gasteiger partial charge in [0.05, 0.1) is 45.6 Å². The molecule has 8 heteroatoms. The Morgan fingerprint density at radius 2 is 2.20 bits per heavy atom. The molecule has 0 aromatic carbocycles. The molecule has 25 heavy (non-hydrogen) atoms. The standard InChI is InChI=1S/C17H24N4O4/c1-3-20-7-9-21(10-8-20)17-18-14(12-6-5-11-25-12)13(15(22)19-17)16(23)24-4-2/h5-6,11,13-14H,3-4,7-10H2,1-2H3,(H,18,19,22)/p+1/t13-,14-/m1/s1. The normalized spacial score (nSPS) is 24.6. The van der Waals surface area contributed by atoms with Crippen LogP contribution in [0.5, 0.6) is 0 Å². The summed E-state index contributed by atoms with van der Waals surface area (Å²) in [6, 6.07) is 2.76. The predicted octanol–water partition coefficient (Wildman–Crippen LogP) is -0.794. The Balaban J connectivity index is 1.85. The number of hydrogen-bond donors (Lipinski definition) is 2. The fourth-order valence-electron chi connectivity index (χ4n) is 3.27. The number of esters is 1. The van der Waals surface area contributed by atoms with Gasteiger partial charge < -0.3 is 19.0 Å². The van der Waals surface area contributed by atoms with Crippen molar-refractivity contribution in [2.24, 2.45) is 10.9 Å². The highest BCUT2D eigenvalue weighted by molar-refractivity contribution is 6.08. The maximum absolute atomic E-state index is 12.6. The van der Waals surface area contributed by atoms with E-state index in [1.54, 1.807) is 19.1 Å². The molecule has 2 N–H and O–H groups in total. The highest BCUT2D eigenvalue weighted by Gasteiger charge is 2.43. The number of guanidine groups is 1. The number of amides is 1. The van der Waals surface area contributed by atoms with E-state index in [2.05, 4.69) is 22.1 Å². The molecular formula is C17H25N4O4+. The van der Waals surface area contributed by atoms with Gasteiger partial charge in [-0.05, 0) is 26.0 Å². The van der Waals surface area contributed by atoms with Crippen LogP contribution >= 0.6 is 0 Å². The third kappa shape index (κ3) is 3.68. The molecule has 0 bridgehead atoms. The van der Waals surface area contributed by atoms with Crippen LogP contribution in [0, 0.1) is 5.92 Å². The first-order valence-corrected chi connectivity index (χ1v) is 8.81. The van der Waals surface area contributed by atoms with Gasteiger partial charge in [0.2, 0.25) is 11.9 Å². The molecule has 0 saturated carbocycles. The van der Waals surface area contributed by atoms with E-state index < -0.39 is 23.8 Å². The van der Waals surface area contributed by atoms with Crippen molar-refractivity contribution < 1.29 is 23.6 Å². The zero-order valence-corrected chi connectivity index (χ0v) is 14.7. The fourth-order valence-corrected chi connectivity index (χ4v) is 3.27. The van der Waals surface area contributed by atoms with Crippen molar-refractivity contribution in [1.82, 2.24) is 10.2 Å². The van der Waals surface area contributed by atoms with Gasteiger partial charge in [0, 0.05) is 0 Å². The Kier molecular flexibility index (Phi) is 5.37. The van der Waals surface area contributed by atoms with Crippen molar-refractivity contribution in [2.75, 3.05) is 39.3 Å². The minimum Gasteiger partial charge on any atom is -0.467 e. The third-order valence-corrected chi connectivity index (χ3v) is 4.74. The minimum absolute atomic E-state index is 0.214. The number of nitrogens with one attached hydrogen (secondary N) is 2. The molecule has 1 amide bonds. The molecule has 1 aromatic rings. The fraction of sp³-hybridized carbons (Fsp3) is 0.588. The highest BCUT2D eigenvalue weighted by atomic mass is 16.5. The number of quaternary nitrogens is 1. The number of nitrogens with zero attached hydrogens (tertiary/aromatic N) is 2. The van der Waals surface area contributed by atoms with Crippen molar-refractivity contribution in [2.45, 2.75) is 19.9 Å². The van der Waals surface area contributed by atoms with Crippen molar-refractivity contribution in [3.05, 3.63) is 24.2 Å². The van der Waals surface area contributed by atoms with Gasteiger partial charge in [-0.15, -0.1) is 0 Å². The largest absolute Gasteiger partial charge is 0.467 e. The average molecular weight is 349 g/mol. The van der Waals surface area contributed by atoms with Crippen LogP contribution in [-0.2, 0) is 14.3 Å². The van der Waals surface area contributed by atoms with Gasteiger partial charge >= 0.3 is 5.97 Å². The number of ether oxygens (including phenoxy) is 1. The highest BCUT2D eigenvalue weighted by Crippen LogP contribution is 2.31. The summed E-state index contributed by atoms with van der Waals surface area (Å²) in [7, 11) is 0. The van der Waals surface area contributed by atoms with Crippen molar-refractivity contribution in [3.8, 4) is 0 Å². The first kappa shape index (κ1) is 17.5. The van der Waals surface area contributed by atoms with Crippen molar-refractivity contribution in [3.63, 3.8) is 0 Å². The van der Waals surface area contributed by atoms with E-state index in [1.165, 1.54) is 11.2 Å². The van der Waals surface area contributed by atoms with Gasteiger partial charge in [0.1, 0.15) is 11.8 Å². The van der Waals surface area contributed by atoms with Crippen LogP contribution in [0.4, 0.5) is 0 Å². The quantitative estimate of drug-likeness (QED) is 0.549. The SMILES string of the molecule is CCOC(=O)[C@H]1C(=O)NC(N2CC[NH+](CC)CC2)=N[C@@H]1c1ccco1. The van der Waals surface area contributed by atoms with Crippen LogP contribution in [0.1, 0.15) is 25.6 Å². The number of hydrogen-bond acceptors (Lipinski definition) is 6. The van der Waals surface area contributed by atoms with E-state index in [0.717, 1.165) is 32.7 Å². The molecule has 1 fully saturated rings. The van der Waals surface area contributed by atoms with E-state index in [9.17, 15) is 9.59 Å². The van der Waals surface area contributed by atoms with Crippen molar-refractivity contribution >= 4 is 17.8 Å².